The molecule has 20 heavy (non-hydrogen) atoms. The number of carbonyl (C=O) groups excluding carboxylic acids is 1. The molecule has 0 aliphatic heterocycles. The number of nitrogens with zero attached hydrogens (tertiary/aromatic N) is 1. The van der Waals surface area contributed by atoms with Crippen molar-refractivity contribution >= 4 is 5.91 Å². The molecule has 0 aliphatic rings. The molecule has 0 fully saturated rings. The first kappa shape index (κ1) is 16.5. The number of nitrogens with one attached hydrogen (secondary N) is 1. The van der Waals surface area contributed by atoms with Gasteiger partial charge in [0.15, 0.2) is 0 Å². The second-order valence-corrected chi connectivity index (χ2v) is 5.42. The van der Waals surface area contributed by atoms with Gasteiger partial charge in [-0.3, -0.25) is 4.79 Å². The topological polar surface area (TPSA) is 67.6 Å². The highest BCUT2D eigenvalue weighted by molar-refractivity contribution is 5.84. The average molecular weight is 279 g/mol. The molecule has 0 saturated heterocycles. The van der Waals surface area contributed by atoms with Crippen molar-refractivity contribution < 1.29 is 9.53 Å². The third-order valence-corrected chi connectivity index (χ3v) is 3.35. The lowest BCUT2D eigenvalue weighted by molar-refractivity contribution is -0.123. The normalized spacial score (nSPS) is 14.1. The number of hydrogen-bond donors (Lipinski definition) is 2. The number of rotatable bonds is 8. The molecule has 1 aromatic carbocycles. The lowest BCUT2D eigenvalue weighted by Gasteiger charge is -2.29. The largest absolute Gasteiger partial charge is 0.496 e. The van der Waals surface area contributed by atoms with Gasteiger partial charge < -0.3 is 20.7 Å². The second-order valence-electron chi connectivity index (χ2n) is 5.42. The molecule has 0 spiro atoms. The molecule has 0 aliphatic carbocycles. The molecule has 1 rings (SSSR count). The van der Waals surface area contributed by atoms with E-state index in [2.05, 4.69) is 10.2 Å². The minimum absolute atomic E-state index is 0.359. The Labute approximate surface area is 121 Å². The summed E-state index contributed by atoms with van der Waals surface area (Å²) in [4.78, 5) is 13.9. The van der Waals surface area contributed by atoms with E-state index in [1.165, 1.54) is 0 Å². The summed E-state index contributed by atoms with van der Waals surface area (Å²) in [5, 5.41) is 3.25. The van der Waals surface area contributed by atoms with Crippen molar-refractivity contribution in [1.82, 2.24) is 10.2 Å². The predicted octanol–water partition coefficient (Wildman–Crippen LogP) is 0.633. The van der Waals surface area contributed by atoms with E-state index in [1.807, 2.05) is 45.3 Å². The van der Waals surface area contributed by atoms with Crippen molar-refractivity contribution in [3.63, 3.8) is 0 Å². The maximum absolute atomic E-state index is 11.8. The molecule has 3 N–H and O–H groups in total. The maximum atomic E-state index is 11.8. The van der Waals surface area contributed by atoms with Crippen LogP contribution >= 0.6 is 0 Å². The predicted molar refractivity (Wildman–Crippen MR) is 80.9 cm³/mol. The Kier molecular flexibility index (Phi) is 5.98. The van der Waals surface area contributed by atoms with Crippen LogP contribution in [0.25, 0.3) is 0 Å². The molecule has 5 heteroatoms. The van der Waals surface area contributed by atoms with Crippen LogP contribution < -0.4 is 15.8 Å². The van der Waals surface area contributed by atoms with E-state index >= 15 is 0 Å². The van der Waals surface area contributed by atoms with Crippen LogP contribution in [-0.2, 0) is 11.2 Å². The molecule has 0 radical (unpaired) electrons. The van der Waals surface area contributed by atoms with Gasteiger partial charge in [0.05, 0.1) is 12.6 Å². The van der Waals surface area contributed by atoms with Crippen LogP contribution in [0.5, 0.6) is 5.75 Å². The molecule has 0 aromatic heterocycles. The van der Waals surface area contributed by atoms with Crippen LogP contribution in [0.3, 0.4) is 0 Å². The molecule has 5 nitrogen and oxygen atoms in total. The van der Waals surface area contributed by atoms with Gasteiger partial charge in [-0.25, -0.2) is 0 Å². The first-order valence-electron chi connectivity index (χ1n) is 6.70. The van der Waals surface area contributed by atoms with Crippen LogP contribution in [0.4, 0.5) is 0 Å². The SMILES string of the molecule is COc1ccccc1CC(C)(NCCN(C)C)C(N)=O. The lowest BCUT2D eigenvalue weighted by atomic mass is 9.91. The Bertz CT molecular complexity index is 448. The summed E-state index contributed by atoms with van der Waals surface area (Å²) < 4.78 is 5.33. The van der Waals surface area contributed by atoms with E-state index in [-0.39, 0.29) is 5.91 Å². The molecule has 1 amide bonds. The zero-order chi connectivity index (χ0) is 15.2. The molecule has 1 unspecified atom stereocenters. The van der Waals surface area contributed by atoms with Crippen LogP contribution in [-0.4, -0.2) is 50.6 Å². The first-order valence-corrected chi connectivity index (χ1v) is 6.70. The molecule has 1 aromatic rings. The zero-order valence-corrected chi connectivity index (χ0v) is 12.8. The first-order chi connectivity index (χ1) is 9.39. The van der Waals surface area contributed by atoms with Gasteiger partial charge in [-0.1, -0.05) is 18.2 Å². The highest BCUT2D eigenvalue weighted by Gasteiger charge is 2.31. The van der Waals surface area contributed by atoms with Gasteiger partial charge in [0, 0.05) is 19.5 Å². The second kappa shape index (κ2) is 7.26. The number of ether oxygens (including phenoxy) is 1. The Balaban J connectivity index is 2.82. The standard InChI is InChI=1S/C15H25N3O2/c1-15(14(16)19,17-9-10-18(2)3)11-12-7-5-6-8-13(12)20-4/h5-8,17H,9-11H2,1-4H3,(H2,16,19). The number of benzene rings is 1. The summed E-state index contributed by atoms with van der Waals surface area (Å²) >= 11 is 0. The van der Waals surface area contributed by atoms with E-state index in [0.29, 0.717) is 13.0 Å². The molecule has 0 bridgehead atoms. The Morgan fingerprint density at radius 2 is 2.05 bits per heavy atom. The fourth-order valence-corrected chi connectivity index (χ4v) is 2.02. The Morgan fingerprint density at radius 3 is 2.60 bits per heavy atom. The summed E-state index contributed by atoms with van der Waals surface area (Å²) in [6.07, 6.45) is 0.500. The van der Waals surface area contributed by atoms with Gasteiger partial charge in [0.1, 0.15) is 5.75 Å². The van der Waals surface area contributed by atoms with E-state index in [9.17, 15) is 4.79 Å². The van der Waals surface area contributed by atoms with E-state index in [4.69, 9.17) is 10.5 Å². The summed E-state index contributed by atoms with van der Waals surface area (Å²) in [6.45, 7) is 3.37. The molecule has 0 saturated carbocycles. The smallest absolute Gasteiger partial charge is 0.237 e. The minimum atomic E-state index is -0.787. The Hall–Kier alpha value is -1.59. The molecular weight excluding hydrogens is 254 g/mol. The summed E-state index contributed by atoms with van der Waals surface area (Å²) in [5.74, 6) is 0.413. The van der Waals surface area contributed by atoms with Crippen molar-refractivity contribution in [2.24, 2.45) is 5.73 Å². The summed E-state index contributed by atoms with van der Waals surface area (Å²) in [6, 6.07) is 7.67. The highest BCUT2D eigenvalue weighted by atomic mass is 16.5. The highest BCUT2D eigenvalue weighted by Crippen LogP contribution is 2.22. The minimum Gasteiger partial charge on any atom is -0.496 e. The number of amides is 1. The number of methoxy groups -OCH3 is 1. The van der Waals surface area contributed by atoms with Crippen LogP contribution in [0, 0.1) is 0 Å². The molecule has 112 valence electrons. The number of para-hydroxylation sites is 1. The van der Waals surface area contributed by atoms with Crippen LogP contribution in [0.2, 0.25) is 0 Å². The van der Waals surface area contributed by atoms with Gasteiger partial charge in [-0.05, 0) is 32.6 Å². The third kappa shape index (κ3) is 4.51. The fourth-order valence-electron chi connectivity index (χ4n) is 2.02. The quantitative estimate of drug-likeness (QED) is 0.732. The molecular formula is C15H25N3O2. The number of primary amides is 1. The van der Waals surface area contributed by atoms with Gasteiger partial charge in [0.2, 0.25) is 5.91 Å². The third-order valence-electron chi connectivity index (χ3n) is 3.35. The average Bonchev–Trinajstić information content (AvgIpc) is 2.38. The van der Waals surface area contributed by atoms with Gasteiger partial charge >= 0.3 is 0 Å². The number of nitrogens with two attached hydrogens (primary N) is 1. The van der Waals surface area contributed by atoms with Crippen molar-refractivity contribution in [3.05, 3.63) is 29.8 Å². The van der Waals surface area contributed by atoms with Crippen LogP contribution in [0.1, 0.15) is 12.5 Å². The maximum Gasteiger partial charge on any atom is 0.237 e. The van der Waals surface area contributed by atoms with Crippen molar-refractivity contribution in [2.75, 3.05) is 34.3 Å². The van der Waals surface area contributed by atoms with Crippen molar-refractivity contribution in [2.45, 2.75) is 18.9 Å². The van der Waals surface area contributed by atoms with Gasteiger partial charge in [-0.15, -0.1) is 0 Å². The molecule has 0 heterocycles. The van der Waals surface area contributed by atoms with Crippen molar-refractivity contribution in [3.8, 4) is 5.75 Å². The van der Waals surface area contributed by atoms with Gasteiger partial charge in [0.25, 0.3) is 0 Å². The summed E-state index contributed by atoms with van der Waals surface area (Å²) in [7, 11) is 5.60. The van der Waals surface area contributed by atoms with E-state index in [0.717, 1.165) is 17.9 Å². The molecule has 1 atom stereocenters. The van der Waals surface area contributed by atoms with Crippen molar-refractivity contribution in [1.29, 1.82) is 0 Å². The summed E-state index contributed by atoms with van der Waals surface area (Å²) in [5.41, 5.74) is 5.75. The number of hydrogen-bond acceptors (Lipinski definition) is 4. The van der Waals surface area contributed by atoms with Gasteiger partial charge in [-0.2, -0.15) is 0 Å². The fraction of sp³-hybridized carbons (Fsp3) is 0.533. The Morgan fingerprint density at radius 1 is 1.40 bits per heavy atom. The number of likely N-dealkylation sites (N-methyl/N-ethyl adjacent to an activating group) is 1. The zero-order valence-electron chi connectivity index (χ0n) is 12.8. The van der Waals surface area contributed by atoms with Crippen LogP contribution in [0.15, 0.2) is 24.3 Å². The van der Waals surface area contributed by atoms with E-state index < -0.39 is 5.54 Å². The van der Waals surface area contributed by atoms with E-state index in [1.54, 1.807) is 7.11 Å². The number of carbonyl (C=O) groups is 1. The monoisotopic (exact) mass is 279 g/mol. The lowest BCUT2D eigenvalue weighted by Crippen LogP contribution is -2.56.